The third-order valence-corrected chi connectivity index (χ3v) is 7.90. The Kier molecular flexibility index (Phi) is 6.03. The summed E-state index contributed by atoms with van der Waals surface area (Å²) in [5, 5.41) is 15.0. The fourth-order valence-electron chi connectivity index (χ4n) is 6.26. The minimum Gasteiger partial charge on any atom is -0.481 e. The summed E-state index contributed by atoms with van der Waals surface area (Å²) in [7, 11) is 0. The molecule has 7 heteroatoms. The van der Waals surface area contributed by atoms with E-state index in [0.29, 0.717) is 12.3 Å². The van der Waals surface area contributed by atoms with Gasteiger partial charge in [0.1, 0.15) is 6.61 Å². The van der Waals surface area contributed by atoms with Crippen LogP contribution >= 0.6 is 0 Å². The lowest BCUT2D eigenvalue weighted by atomic mass is 9.71. The number of carboxylic acid groups (broad SMARTS) is 1. The van der Waals surface area contributed by atoms with Gasteiger partial charge in [-0.1, -0.05) is 48.5 Å². The molecular formula is C28H32N2O5. The van der Waals surface area contributed by atoms with E-state index < -0.39 is 17.6 Å². The first-order valence-electron chi connectivity index (χ1n) is 12.4. The van der Waals surface area contributed by atoms with Crippen LogP contribution in [0, 0.1) is 17.8 Å². The molecule has 0 bridgehead atoms. The number of fused-ring (bicyclic) bond motifs is 4. The quantitative estimate of drug-likeness (QED) is 0.552. The fraction of sp³-hybridized carbons (Fsp3) is 0.464. The number of amides is 2. The summed E-state index contributed by atoms with van der Waals surface area (Å²) in [5.41, 5.74) is 3.96. The van der Waals surface area contributed by atoms with Crippen molar-refractivity contribution in [3.05, 3.63) is 59.7 Å². The lowest BCUT2D eigenvalue weighted by Crippen LogP contribution is -2.50. The molecule has 184 valence electrons. The zero-order valence-electron chi connectivity index (χ0n) is 20.1. The average molecular weight is 477 g/mol. The third kappa shape index (κ3) is 4.64. The molecule has 5 rings (SSSR count). The van der Waals surface area contributed by atoms with Crippen molar-refractivity contribution in [3.63, 3.8) is 0 Å². The Hall–Kier alpha value is -3.35. The summed E-state index contributed by atoms with van der Waals surface area (Å²) in [4.78, 5) is 36.4. The van der Waals surface area contributed by atoms with Gasteiger partial charge in [-0.05, 0) is 67.2 Å². The molecule has 35 heavy (non-hydrogen) atoms. The van der Waals surface area contributed by atoms with Gasteiger partial charge >= 0.3 is 12.1 Å². The van der Waals surface area contributed by atoms with E-state index in [2.05, 4.69) is 34.9 Å². The molecule has 4 atom stereocenters. The van der Waals surface area contributed by atoms with Crippen LogP contribution in [0.3, 0.4) is 0 Å². The second kappa shape index (κ2) is 9.02. The minimum absolute atomic E-state index is 0.0143. The molecule has 0 heterocycles. The maximum atomic E-state index is 12.7. The van der Waals surface area contributed by atoms with Crippen molar-refractivity contribution >= 4 is 18.0 Å². The van der Waals surface area contributed by atoms with Gasteiger partial charge < -0.3 is 20.5 Å². The van der Waals surface area contributed by atoms with Crippen LogP contribution in [0.25, 0.3) is 11.1 Å². The van der Waals surface area contributed by atoms with Crippen LogP contribution in [0.4, 0.5) is 4.79 Å². The highest BCUT2D eigenvalue weighted by Crippen LogP contribution is 2.50. The molecule has 3 aliphatic rings. The number of hydrogen-bond acceptors (Lipinski definition) is 4. The number of hydrogen-bond donors (Lipinski definition) is 3. The molecule has 7 nitrogen and oxygen atoms in total. The molecule has 2 fully saturated rings. The van der Waals surface area contributed by atoms with Gasteiger partial charge in [0.2, 0.25) is 5.91 Å². The number of alkyl carbamates (subject to hydrolysis) is 1. The number of nitrogens with one attached hydrogen (secondary N) is 2. The lowest BCUT2D eigenvalue weighted by molar-refractivity contribution is -0.139. The standard InChI is InChI=1S/C28H32N2O5/c1-28(2,14-25(31)32)30-26(33)17-11-16-13-24(22(16)12-17)29-27(34)35-15-23-20-9-5-3-7-18(20)19-8-4-6-10-21(19)23/h3-10,16-17,22-24H,11-15H2,1-2H3,(H,29,34)(H,30,33)(H,31,32). The number of ether oxygens (including phenoxy) is 1. The zero-order valence-corrected chi connectivity index (χ0v) is 20.1. The molecule has 3 aliphatic carbocycles. The molecule has 0 aromatic heterocycles. The van der Waals surface area contributed by atoms with Gasteiger partial charge in [0, 0.05) is 23.4 Å². The maximum Gasteiger partial charge on any atom is 0.407 e. The van der Waals surface area contributed by atoms with Crippen molar-refractivity contribution in [2.45, 2.75) is 57.0 Å². The first-order valence-corrected chi connectivity index (χ1v) is 12.4. The van der Waals surface area contributed by atoms with Crippen LogP contribution in [0.5, 0.6) is 0 Å². The lowest BCUT2D eigenvalue weighted by Gasteiger charge is -2.40. The summed E-state index contributed by atoms with van der Waals surface area (Å²) in [6.07, 6.45) is 1.79. The van der Waals surface area contributed by atoms with E-state index in [1.54, 1.807) is 13.8 Å². The highest BCUT2D eigenvalue weighted by atomic mass is 16.5. The van der Waals surface area contributed by atoms with Crippen LogP contribution in [-0.2, 0) is 14.3 Å². The summed E-state index contributed by atoms with van der Waals surface area (Å²) in [5.74, 6) is -0.482. The Labute approximate surface area is 205 Å². The van der Waals surface area contributed by atoms with Crippen molar-refractivity contribution in [3.8, 4) is 11.1 Å². The van der Waals surface area contributed by atoms with Gasteiger partial charge in [-0.2, -0.15) is 0 Å². The van der Waals surface area contributed by atoms with Gasteiger partial charge in [-0.25, -0.2) is 4.79 Å². The van der Waals surface area contributed by atoms with Gasteiger partial charge in [-0.3, -0.25) is 9.59 Å². The van der Waals surface area contributed by atoms with E-state index in [-0.39, 0.29) is 42.7 Å². The van der Waals surface area contributed by atoms with E-state index in [0.717, 1.165) is 12.8 Å². The second-order valence-corrected chi connectivity index (χ2v) is 10.8. The molecule has 0 aliphatic heterocycles. The number of carbonyl (C=O) groups is 3. The van der Waals surface area contributed by atoms with Gasteiger partial charge in [-0.15, -0.1) is 0 Å². The number of carbonyl (C=O) groups excluding carboxylic acids is 2. The van der Waals surface area contributed by atoms with Crippen molar-refractivity contribution in [1.29, 1.82) is 0 Å². The van der Waals surface area contributed by atoms with E-state index >= 15 is 0 Å². The highest BCUT2D eigenvalue weighted by molar-refractivity contribution is 5.81. The Bertz CT molecular complexity index is 1110. The molecule has 0 radical (unpaired) electrons. The summed E-state index contributed by atoms with van der Waals surface area (Å²) in [6, 6.07) is 16.5. The minimum atomic E-state index is -0.936. The van der Waals surface area contributed by atoms with Crippen LogP contribution < -0.4 is 10.6 Å². The second-order valence-electron chi connectivity index (χ2n) is 10.8. The Morgan fingerprint density at radius 3 is 2.23 bits per heavy atom. The first kappa shape index (κ1) is 23.4. The molecule has 0 saturated heterocycles. The SMILES string of the molecule is CC(C)(CC(=O)O)NC(=O)C1CC2CC(NC(=O)OCC3c4ccccc4-c4ccccc43)C2C1. The van der Waals surface area contributed by atoms with Crippen LogP contribution in [0.2, 0.25) is 0 Å². The van der Waals surface area contributed by atoms with Crippen LogP contribution in [-0.4, -0.2) is 41.3 Å². The largest absolute Gasteiger partial charge is 0.481 e. The third-order valence-electron chi connectivity index (χ3n) is 7.90. The van der Waals surface area contributed by atoms with Crippen LogP contribution in [0.15, 0.2) is 48.5 Å². The van der Waals surface area contributed by atoms with Gasteiger partial charge in [0.25, 0.3) is 0 Å². The molecule has 2 aromatic carbocycles. The average Bonchev–Trinajstić information content (AvgIpc) is 3.30. The Morgan fingerprint density at radius 1 is 0.971 bits per heavy atom. The number of rotatable bonds is 7. The summed E-state index contributed by atoms with van der Waals surface area (Å²) >= 11 is 0. The van der Waals surface area contributed by atoms with Crippen molar-refractivity contribution in [2.24, 2.45) is 17.8 Å². The molecule has 2 aromatic rings. The topological polar surface area (TPSA) is 105 Å². The molecule has 2 saturated carbocycles. The van der Waals surface area contributed by atoms with Gasteiger partial charge in [0.05, 0.1) is 6.42 Å². The smallest absolute Gasteiger partial charge is 0.407 e. The van der Waals surface area contributed by atoms with Gasteiger partial charge in [0.15, 0.2) is 0 Å². The first-order chi connectivity index (χ1) is 16.7. The zero-order chi connectivity index (χ0) is 24.7. The predicted octanol–water partition coefficient (Wildman–Crippen LogP) is 4.31. The monoisotopic (exact) mass is 476 g/mol. The fourth-order valence-corrected chi connectivity index (χ4v) is 6.26. The number of carboxylic acids is 1. The highest BCUT2D eigenvalue weighted by Gasteiger charge is 2.50. The number of benzene rings is 2. The summed E-state index contributed by atoms with van der Waals surface area (Å²) in [6.45, 7) is 3.73. The maximum absolute atomic E-state index is 12.7. The van der Waals surface area contributed by atoms with Crippen molar-refractivity contribution in [1.82, 2.24) is 10.6 Å². The van der Waals surface area contributed by atoms with E-state index in [9.17, 15) is 14.4 Å². The Balaban J connectivity index is 1.13. The Morgan fingerprint density at radius 2 is 1.60 bits per heavy atom. The molecule has 4 unspecified atom stereocenters. The summed E-state index contributed by atoms with van der Waals surface area (Å²) < 4.78 is 5.69. The van der Waals surface area contributed by atoms with E-state index in [4.69, 9.17) is 9.84 Å². The molecule has 2 amide bonds. The van der Waals surface area contributed by atoms with Crippen molar-refractivity contribution in [2.75, 3.05) is 6.61 Å². The predicted molar refractivity (Wildman–Crippen MR) is 131 cm³/mol. The van der Waals surface area contributed by atoms with E-state index in [1.165, 1.54) is 22.3 Å². The molecule has 0 spiro atoms. The normalized spacial score (nSPS) is 24.5. The van der Waals surface area contributed by atoms with E-state index in [1.807, 2.05) is 24.3 Å². The van der Waals surface area contributed by atoms with Crippen LogP contribution in [0.1, 0.15) is 56.6 Å². The number of aliphatic carboxylic acids is 1. The van der Waals surface area contributed by atoms with Crippen molar-refractivity contribution < 1.29 is 24.2 Å². The molecule has 3 N–H and O–H groups in total. The molecular weight excluding hydrogens is 444 g/mol.